The molecule has 0 amide bonds. The molecule has 2 heterocycles. The zero-order valence-corrected chi connectivity index (χ0v) is 13.1. The molecular formula is C16H27N3O. The average molecular weight is 277 g/mol. The van der Waals surface area contributed by atoms with Gasteiger partial charge >= 0.3 is 0 Å². The Bertz CT molecular complexity index is 426. The first-order valence-corrected chi connectivity index (χ1v) is 7.66. The fraction of sp³-hybridized carbons (Fsp3) is 0.688. The molecule has 2 atom stereocenters. The van der Waals surface area contributed by atoms with Gasteiger partial charge in [0, 0.05) is 25.8 Å². The molecule has 4 nitrogen and oxygen atoms in total. The van der Waals surface area contributed by atoms with Crippen LogP contribution in [0.15, 0.2) is 12.3 Å². The standard InChI is InChI=1S/C16H27N3O/c1-5-6-17-8-15-7-12(2)16(18-9-15)19-10-13(3)20-14(4)11-19/h7,9,13-14,17H,5-6,8,10-11H2,1-4H3. The number of rotatable bonds is 5. The van der Waals surface area contributed by atoms with Crippen molar-refractivity contribution in [3.8, 4) is 0 Å². The lowest BCUT2D eigenvalue weighted by Gasteiger charge is -2.36. The van der Waals surface area contributed by atoms with Crippen LogP contribution in [0.25, 0.3) is 0 Å². The van der Waals surface area contributed by atoms with E-state index in [0.29, 0.717) is 0 Å². The normalized spacial score (nSPS) is 23.1. The first-order chi connectivity index (χ1) is 9.60. The summed E-state index contributed by atoms with van der Waals surface area (Å²) in [7, 11) is 0. The maximum atomic E-state index is 5.79. The molecule has 0 bridgehead atoms. The van der Waals surface area contributed by atoms with Crippen molar-refractivity contribution in [3.05, 3.63) is 23.4 Å². The molecule has 1 aromatic heterocycles. The zero-order chi connectivity index (χ0) is 14.5. The Balaban J connectivity index is 2.05. The molecule has 1 fully saturated rings. The molecule has 0 spiro atoms. The average Bonchev–Trinajstić information content (AvgIpc) is 2.38. The minimum Gasteiger partial charge on any atom is -0.372 e. The van der Waals surface area contributed by atoms with E-state index < -0.39 is 0 Å². The number of pyridine rings is 1. The summed E-state index contributed by atoms with van der Waals surface area (Å²) < 4.78 is 5.79. The van der Waals surface area contributed by atoms with E-state index in [2.05, 4.69) is 49.0 Å². The van der Waals surface area contributed by atoms with E-state index in [-0.39, 0.29) is 12.2 Å². The van der Waals surface area contributed by atoms with Gasteiger partial charge in [0.05, 0.1) is 12.2 Å². The van der Waals surface area contributed by atoms with Gasteiger partial charge in [0.2, 0.25) is 0 Å². The Kier molecular flexibility index (Phi) is 5.38. The number of morpholine rings is 1. The Morgan fingerprint density at radius 1 is 1.35 bits per heavy atom. The Hall–Kier alpha value is -1.13. The Morgan fingerprint density at radius 2 is 2.05 bits per heavy atom. The molecule has 1 N–H and O–H groups in total. The fourth-order valence-corrected chi connectivity index (χ4v) is 2.81. The van der Waals surface area contributed by atoms with Crippen molar-refractivity contribution in [2.24, 2.45) is 0 Å². The van der Waals surface area contributed by atoms with Crippen molar-refractivity contribution in [3.63, 3.8) is 0 Å². The number of nitrogens with zero attached hydrogens (tertiary/aromatic N) is 2. The van der Waals surface area contributed by atoms with Crippen molar-refractivity contribution in [1.82, 2.24) is 10.3 Å². The van der Waals surface area contributed by atoms with Crippen LogP contribution in [0.5, 0.6) is 0 Å². The lowest BCUT2D eigenvalue weighted by Crippen LogP contribution is -2.46. The van der Waals surface area contributed by atoms with Crippen molar-refractivity contribution in [1.29, 1.82) is 0 Å². The topological polar surface area (TPSA) is 37.4 Å². The van der Waals surface area contributed by atoms with Gasteiger partial charge in [0.15, 0.2) is 0 Å². The Labute approximate surface area is 122 Å². The van der Waals surface area contributed by atoms with E-state index >= 15 is 0 Å². The van der Waals surface area contributed by atoms with Gasteiger partial charge < -0.3 is 15.0 Å². The molecule has 1 aliphatic rings. The molecule has 2 unspecified atom stereocenters. The van der Waals surface area contributed by atoms with Crippen LogP contribution in [0.2, 0.25) is 0 Å². The summed E-state index contributed by atoms with van der Waals surface area (Å²) in [6.07, 6.45) is 3.70. The van der Waals surface area contributed by atoms with Gasteiger partial charge in [0.1, 0.15) is 5.82 Å². The van der Waals surface area contributed by atoms with Crippen LogP contribution in [0.4, 0.5) is 5.82 Å². The van der Waals surface area contributed by atoms with Gasteiger partial charge in [-0.25, -0.2) is 4.98 Å². The lowest BCUT2D eigenvalue weighted by atomic mass is 10.1. The van der Waals surface area contributed by atoms with Crippen molar-refractivity contribution < 1.29 is 4.74 Å². The highest BCUT2D eigenvalue weighted by Gasteiger charge is 2.24. The maximum Gasteiger partial charge on any atom is 0.131 e. The summed E-state index contributed by atoms with van der Waals surface area (Å²) in [5.74, 6) is 1.10. The molecule has 1 saturated heterocycles. The second-order valence-electron chi connectivity index (χ2n) is 5.82. The molecule has 2 rings (SSSR count). The number of anilines is 1. The van der Waals surface area contributed by atoms with E-state index in [1.807, 2.05) is 6.20 Å². The highest BCUT2D eigenvalue weighted by atomic mass is 16.5. The van der Waals surface area contributed by atoms with Crippen LogP contribution >= 0.6 is 0 Å². The summed E-state index contributed by atoms with van der Waals surface area (Å²) in [4.78, 5) is 7.02. The third-order valence-electron chi connectivity index (χ3n) is 3.58. The fourth-order valence-electron chi connectivity index (χ4n) is 2.81. The van der Waals surface area contributed by atoms with Gasteiger partial charge in [-0.15, -0.1) is 0 Å². The van der Waals surface area contributed by atoms with Crippen LogP contribution in [-0.2, 0) is 11.3 Å². The molecule has 1 aromatic rings. The quantitative estimate of drug-likeness (QED) is 0.839. The third kappa shape index (κ3) is 3.93. The summed E-state index contributed by atoms with van der Waals surface area (Å²) in [5, 5.41) is 3.42. The number of nitrogens with one attached hydrogen (secondary N) is 1. The van der Waals surface area contributed by atoms with Gasteiger partial charge in [-0.05, 0) is 50.9 Å². The second kappa shape index (κ2) is 7.04. The number of hydrogen-bond acceptors (Lipinski definition) is 4. The molecule has 1 aliphatic heterocycles. The smallest absolute Gasteiger partial charge is 0.131 e. The number of ether oxygens (including phenoxy) is 1. The summed E-state index contributed by atoms with van der Waals surface area (Å²) >= 11 is 0. The van der Waals surface area contributed by atoms with Gasteiger partial charge in [-0.1, -0.05) is 6.92 Å². The van der Waals surface area contributed by atoms with E-state index in [1.165, 1.54) is 11.1 Å². The van der Waals surface area contributed by atoms with Crippen LogP contribution in [0.3, 0.4) is 0 Å². The van der Waals surface area contributed by atoms with Gasteiger partial charge in [0.25, 0.3) is 0 Å². The SMILES string of the molecule is CCCNCc1cnc(N2CC(C)OC(C)C2)c(C)c1. The molecule has 0 saturated carbocycles. The predicted molar refractivity (Wildman–Crippen MR) is 83.2 cm³/mol. The largest absolute Gasteiger partial charge is 0.372 e. The first-order valence-electron chi connectivity index (χ1n) is 7.66. The monoisotopic (exact) mass is 277 g/mol. The zero-order valence-electron chi connectivity index (χ0n) is 13.1. The summed E-state index contributed by atoms with van der Waals surface area (Å²) in [5.41, 5.74) is 2.51. The van der Waals surface area contributed by atoms with Crippen molar-refractivity contribution >= 4 is 5.82 Å². The highest BCUT2D eigenvalue weighted by molar-refractivity contribution is 5.48. The van der Waals surface area contributed by atoms with Crippen LogP contribution < -0.4 is 10.2 Å². The molecule has 4 heteroatoms. The van der Waals surface area contributed by atoms with Crippen molar-refractivity contribution in [2.45, 2.75) is 52.9 Å². The number of hydrogen-bond donors (Lipinski definition) is 1. The predicted octanol–water partition coefficient (Wildman–Crippen LogP) is 2.50. The summed E-state index contributed by atoms with van der Waals surface area (Å²) in [6, 6.07) is 2.25. The molecule has 20 heavy (non-hydrogen) atoms. The van der Waals surface area contributed by atoms with E-state index in [0.717, 1.165) is 38.4 Å². The Morgan fingerprint density at radius 3 is 2.65 bits per heavy atom. The second-order valence-corrected chi connectivity index (χ2v) is 5.82. The number of aryl methyl sites for hydroxylation is 1. The molecule has 0 aromatic carbocycles. The van der Waals surface area contributed by atoms with E-state index in [4.69, 9.17) is 4.74 Å². The minimum atomic E-state index is 0.269. The van der Waals surface area contributed by atoms with E-state index in [9.17, 15) is 0 Å². The maximum absolute atomic E-state index is 5.79. The first kappa shape index (κ1) is 15.3. The molecule has 0 radical (unpaired) electrons. The molecule has 112 valence electrons. The van der Waals surface area contributed by atoms with Crippen LogP contribution in [-0.4, -0.2) is 36.8 Å². The molecular weight excluding hydrogens is 250 g/mol. The van der Waals surface area contributed by atoms with E-state index in [1.54, 1.807) is 0 Å². The number of aromatic nitrogens is 1. The highest BCUT2D eigenvalue weighted by Crippen LogP contribution is 2.22. The van der Waals surface area contributed by atoms with Crippen LogP contribution in [0.1, 0.15) is 38.3 Å². The van der Waals surface area contributed by atoms with Gasteiger partial charge in [-0.3, -0.25) is 0 Å². The minimum absolute atomic E-state index is 0.269. The lowest BCUT2D eigenvalue weighted by molar-refractivity contribution is -0.00549. The van der Waals surface area contributed by atoms with Gasteiger partial charge in [-0.2, -0.15) is 0 Å². The summed E-state index contributed by atoms with van der Waals surface area (Å²) in [6.45, 7) is 12.4. The molecule has 0 aliphatic carbocycles. The van der Waals surface area contributed by atoms with Crippen molar-refractivity contribution in [2.75, 3.05) is 24.5 Å². The third-order valence-corrected chi connectivity index (χ3v) is 3.58. The van der Waals surface area contributed by atoms with Crippen LogP contribution in [0, 0.1) is 6.92 Å².